The Labute approximate surface area is 102 Å². The van der Waals surface area contributed by atoms with Crippen molar-refractivity contribution in [1.82, 2.24) is 10.3 Å². The first kappa shape index (κ1) is 13.4. The molecule has 90 valence electrons. The molecule has 0 aromatic carbocycles. The number of pyridine rings is 1. The van der Waals surface area contributed by atoms with Crippen LogP contribution in [0.1, 0.15) is 32.4 Å². The van der Waals surface area contributed by atoms with Crippen LogP contribution >= 0.6 is 11.6 Å². The summed E-state index contributed by atoms with van der Waals surface area (Å²) in [5, 5.41) is 3.93. The molecule has 1 unspecified atom stereocenters. The molecule has 0 aliphatic carbocycles. The van der Waals surface area contributed by atoms with E-state index in [2.05, 4.69) is 17.2 Å². The molecule has 0 saturated carbocycles. The number of methoxy groups -OCH3 is 1. The number of nitrogens with one attached hydrogen (secondary N) is 1. The van der Waals surface area contributed by atoms with Crippen molar-refractivity contribution in [2.75, 3.05) is 13.7 Å². The molecule has 16 heavy (non-hydrogen) atoms. The van der Waals surface area contributed by atoms with Crippen LogP contribution in [-0.2, 0) is 4.74 Å². The topological polar surface area (TPSA) is 34.1 Å². The Hall–Kier alpha value is -0.640. The summed E-state index contributed by atoms with van der Waals surface area (Å²) in [6, 6.07) is 4.07. The molecular formula is C12H19ClN2O. The summed E-state index contributed by atoms with van der Waals surface area (Å²) in [6.07, 6.45) is 1.72. The zero-order valence-electron chi connectivity index (χ0n) is 10.2. The molecule has 1 atom stereocenters. The molecule has 0 aliphatic heterocycles. The van der Waals surface area contributed by atoms with Crippen molar-refractivity contribution in [3.63, 3.8) is 0 Å². The molecule has 0 spiro atoms. The smallest absolute Gasteiger partial charge is 0.129 e. The van der Waals surface area contributed by atoms with Crippen molar-refractivity contribution in [2.24, 2.45) is 0 Å². The number of halogens is 1. The number of ether oxygens (including phenoxy) is 1. The fourth-order valence-electron chi connectivity index (χ4n) is 1.28. The Bertz CT molecular complexity index is 342. The largest absolute Gasteiger partial charge is 0.377 e. The van der Waals surface area contributed by atoms with Crippen LogP contribution in [0.15, 0.2) is 18.3 Å². The molecule has 1 aromatic rings. The third-order valence-corrected chi connectivity index (χ3v) is 2.84. The Kier molecular flexibility index (Phi) is 4.71. The van der Waals surface area contributed by atoms with Crippen LogP contribution in [0.25, 0.3) is 0 Å². The third-order valence-electron chi connectivity index (χ3n) is 2.64. The van der Waals surface area contributed by atoms with E-state index in [1.54, 1.807) is 13.3 Å². The van der Waals surface area contributed by atoms with Gasteiger partial charge in [-0.1, -0.05) is 11.6 Å². The van der Waals surface area contributed by atoms with Gasteiger partial charge in [-0.05, 0) is 38.5 Å². The van der Waals surface area contributed by atoms with Crippen molar-refractivity contribution in [3.05, 3.63) is 29.0 Å². The number of hydrogen-bond donors (Lipinski definition) is 1. The number of hydrogen-bond acceptors (Lipinski definition) is 3. The van der Waals surface area contributed by atoms with Crippen molar-refractivity contribution in [1.29, 1.82) is 0 Å². The predicted octanol–water partition coefficient (Wildman–Crippen LogP) is 2.81. The summed E-state index contributed by atoms with van der Waals surface area (Å²) < 4.78 is 5.35. The quantitative estimate of drug-likeness (QED) is 0.807. The normalized spacial score (nSPS) is 13.8. The minimum atomic E-state index is -0.162. The van der Waals surface area contributed by atoms with E-state index >= 15 is 0 Å². The Morgan fingerprint density at radius 3 is 2.81 bits per heavy atom. The average molecular weight is 243 g/mol. The standard InChI is InChI=1S/C12H19ClN2O/c1-9(15-8-12(2,3)16-4)10-5-6-14-11(13)7-10/h5-7,9,15H,8H2,1-4H3. The number of rotatable bonds is 5. The van der Waals surface area contributed by atoms with Crippen LogP contribution in [0.4, 0.5) is 0 Å². The van der Waals surface area contributed by atoms with Crippen LogP contribution in [0.5, 0.6) is 0 Å². The minimum absolute atomic E-state index is 0.162. The first-order valence-corrected chi connectivity index (χ1v) is 5.72. The Morgan fingerprint density at radius 2 is 2.25 bits per heavy atom. The summed E-state index contributed by atoms with van der Waals surface area (Å²) in [5.41, 5.74) is 0.970. The minimum Gasteiger partial charge on any atom is -0.377 e. The second-order valence-corrected chi connectivity index (χ2v) is 4.87. The van der Waals surface area contributed by atoms with Gasteiger partial charge in [-0.15, -0.1) is 0 Å². The van der Waals surface area contributed by atoms with E-state index in [0.29, 0.717) is 5.15 Å². The highest BCUT2D eigenvalue weighted by Crippen LogP contribution is 2.16. The van der Waals surface area contributed by atoms with Crippen molar-refractivity contribution in [3.8, 4) is 0 Å². The molecule has 0 amide bonds. The van der Waals surface area contributed by atoms with Gasteiger partial charge in [0.05, 0.1) is 5.60 Å². The lowest BCUT2D eigenvalue weighted by atomic mass is 10.1. The van der Waals surface area contributed by atoms with Crippen LogP contribution in [-0.4, -0.2) is 24.2 Å². The Balaban J connectivity index is 2.56. The zero-order chi connectivity index (χ0) is 12.2. The van der Waals surface area contributed by atoms with E-state index in [-0.39, 0.29) is 11.6 Å². The summed E-state index contributed by atoms with van der Waals surface area (Å²) >= 11 is 5.84. The van der Waals surface area contributed by atoms with Crippen LogP contribution in [0, 0.1) is 0 Å². The fraction of sp³-hybridized carbons (Fsp3) is 0.583. The molecule has 1 rings (SSSR count). The number of aromatic nitrogens is 1. The van der Waals surface area contributed by atoms with E-state index in [1.165, 1.54) is 0 Å². The first-order valence-electron chi connectivity index (χ1n) is 5.34. The summed E-state index contributed by atoms with van der Waals surface area (Å²) in [7, 11) is 1.72. The van der Waals surface area contributed by atoms with Crippen molar-refractivity contribution in [2.45, 2.75) is 32.4 Å². The van der Waals surface area contributed by atoms with Gasteiger partial charge >= 0.3 is 0 Å². The molecule has 0 radical (unpaired) electrons. The van der Waals surface area contributed by atoms with Gasteiger partial charge < -0.3 is 10.1 Å². The molecule has 1 N–H and O–H groups in total. The maximum absolute atomic E-state index is 5.84. The SMILES string of the molecule is COC(C)(C)CNC(C)c1ccnc(Cl)c1. The predicted molar refractivity (Wildman–Crippen MR) is 66.8 cm³/mol. The summed E-state index contributed by atoms with van der Waals surface area (Å²) in [6.45, 7) is 6.97. The fourth-order valence-corrected chi connectivity index (χ4v) is 1.46. The van der Waals surface area contributed by atoms with Crippen LogP contribution in [0.2, 0.25) is 5.15 Å². The highest BCUT2D eigenvalue weighted by Gasteiger charge is 2.17. The zero-order valence-corrected chi connectivity index (χ0v) is 11.0. The Morgan fingerprint density at radius 1 is 1.56 bits per heavy atom. The molecule has 0 fully saturated rings. The highest BCUT2D eigenvalue weighted by molar-refractivity contribution is 6.29. The van der Waals surface area contributed by atoms with Gasteiger partial charge in [-0.2, -0.15) is 0 Å². The molecule has 0 bridgehead atoms. The highest BCUT2D eigenvalue weighted by atomic mass is 35.5. The molecule has 3 nitrogen and oxygen atoms in total. The van der Waals surface area contributed by atoms with E-state index in [1.807, 2.05) is 26.0 Å². The maximum atomic E-state index is 5.84. The van der Waals surface area contributed by atoms with Crippen molar-refractivity contribution >= 4 is 11.6 Å². The second-order valence-electron chi connectivity index (χ2n) is 4.48. The van der Waals surface area contributed by atoms with Gasteiger partial charge in [-0.3, -0.25) is 0 Å². The van der Waals surface area contributed by atoms with E-state index in [9.17, 15) is 0 Å². The van der Waals surface area contributed by atoms with E-state index < -0.39 is 0 Å². The molecular weight excluding hydrogens is 224 g/mol. The first-order chi connectivity index (χ1) is 7.44. The van der Waals surface area contributed by atoms with Crippen molar-refractivity contribution < 1.29 is 4.74 Å². The number of nitrogens with zero attached hydrogens (tertiary/aromatic N) is 1. The molecule has 4 heteroatoms. The van der Waals surface area contributed by atoms with Gasteiger partial charge in [0, 0.05) is 25.9 Å². The molecule has 1 aromatic heterocycles. The molecule has 1 heterocycles. The van der Waals surface area contributed by atoms with E-state index in [4.69, 9.17) is 16.3 Å². The monoisotopic (exact) mass is 242 g/mol. The molecule has 0 saturated heterocycles. The second kappa shape index (κ2) is 5.62. The van der Waals surface area contributed by atoms with Crippen LogP contribution < -0.4 is 5.32 Å². The van der Waals surface area contributed by atoms with Gasteiger partial charge in [0.25, 0.3) is 0 Å². The lowest BCUT2D eigenvalue weighted by molar-refractivity contribution is 0.0214. The van der Waals surface area contributed by atoms with Gasteiger partial charge in [0.15, 0.2) is 0 Å². The van der Waals surface area contributed by atoms with Gasteiger partial charge in [0.1, 0.15) is 5.15 Å². The van der Waals surface area contributed by atoms with Gasteiger partial charge in [0.2, 0.25) is 0 Å². The third kappa shape index (κ3) is 4.08. The lowest BCUT2D eigenvalue weighted by Gasteiger charge is -2.25. The molecule has 0 aliphatic rings. The summed E-state index contributed by atoms with van der Waals surface area (Å²) in [4.78, 5) is 3.96. The average Bonchev–Trinajstić information content (AvgIpc) is 2.26. The summed E-state index contributed by atoms with van der Waals surface area (Å²) in [5.74, 6) is 0. The maximum Gasteiger partial charge on any atom is 0.129 e. The van der Waals surface area contributed by atoms with E-state index in [0.717, 1.165) is 12.1 Å². The lowest BCUT2D eigenvalue weighted by Crippen LogP contribution is -2.37. The van der Waals surface area contributed by atoms with Crippen LogP contribution in [0.3, 0.4) is 0 Å². The van der Waals surface area contributed by atoms with Gasteiger partial charge in [-0.25, -0.2) is 4.98 Å².